The van der Waals surface area contributed by atoms with Crippen LogP contribution in [0.1, 0.15) is 5.69 Å². The van der Waals surface area contributed by atoms with Crippen molar-refractivity contribution < 1.29 is 4.79 Å². The molecule has 6 heteroatoms. The minimum atomic E-state index is -0.185. The van der Waals surface area contributed by atoms with E-state index in [1.807, 2.05) is 6.07 Å². The molecular formula is C12H9BrClN3O. The predicted octanol–water partition coefficient (Wildman–Crippen LogP) is 3.07. The van der Waals surface area contributed by atoms with Crippen LogP contribution in [-0.2, 0) is 11.2 Å². The molecule has 0 saturated carbocycles. The summed E-state index contributed by atoms with van der Waals surface area (Å²) in [5.41, 5.74) is 1.18. The SMILES string of the molecule is O=C(Cc1ccccn1)Nc1cc(Br)cnc1Cl. The molecule has 0 aliphatic carbocycles. The molecule has 92 valence electrons. The van der Waals surface area contributed by atoms with Gasteiger partial charge in [0, 0.05) is 22.6 Å². The maximum absolute atomic E-state index is 11.8. The third-order valence-corrected chi connectivity index (χ3v) is 2.88. The normalized spacial score (nSPS) is 10.1. The lowest BCUT2D eigenvalue weighted by atomic mass is 10.2. The second-order valence-corrected chi connectivity index (χ2v) is 4.81. The molecule has 0 aliphatic heterocycles. The summed E-state index contributed by atoms with van der Waals surface area (Å²) >= 11 is 9.15. The number of aromatic nitrogens is 2. The Morgan fingerprint density at radius 2 is 2.22 bits per heavy atom. The van der Waals surface area contributed by atoms with E-state index in [1.54, 1.807) is 30.6 Å². The van der Waals surface area contributed by atoms with Gasteiger partial charge >= 0.3 is 0 Å². The van der Waals surface area contributed by atoms with E-state index in [0.29, 0.717) is 11.4 Å². The summed E-state index contributed by atoms with van der Waals surface area (Å²) in [5.74, 6) is -0.185. The zero-order chi connectivity index (χ0) is 13.0. The van der Waals surface area contributed by atoms with E-state index < -0.39 is 0 Å². The Morgan fingerprint density at radius 3 is 2.94 bits per heavy atom. The Hall–Kier alpha value is -1.46. The van der Waals surface area contributed by atoms with E-state index in [1.165, 1.54) is 0 Å². The van der Waals surface area contributed by atoms with Gasteiger partial charge in [0.2, 0.25) is 5.91 Å². The molecule has 0 fully saturated rings. The number of amides is 1. The molecule has 1 amide bonds. The number of carbonyl (C=O) groups is 1. The summed E-state index contributed by atoms with van der Waals surface area (Å²) < 4.78 is 0.750. The lowest BCUT2D eigenvalue weighted by Crippen LogP contribution is -2.15. The van der Waals surface area contributed by atoms with Crippen LogP contribution < -0.4 is 5.32 Å². The number of halogens is 2. The van der Waals surface area contributed by atoms with E-state index in [0.717, 1.165) is 4.47 Å². The summed E-state index contributed by atoms with van der Waals surface area (Å²) in [7, 11) is 0. The molecule has 0 aromatic carbocycles. The number of pyridine rings is 2. The molecule has 4 nitrogen and oxygen atoms in total. The van der Waals surface area contributed by atoms with Crippen molar-refractivity contribution in [3.63, 3.8) is 0 Å². The molecule has 0 saturated heterocycles. The van der Waals surface area contributed by atoms with E-state index in [-0.39, 0.29) is 17.5 Å². The van der Waals surface area contributed by atoms with Gasteiger partial charge < -0.3 is 5.32 Å². The fraction of sp³-hybridized carbons (Fsp3) is 0.0833. The van der Waals surface area contributed by atoms with Crippen LogP contribution in [0.15, 0.2) is 41.1 Å². The van der Waals surface area contributed by atoms with Gasteiger partial charge in [0.15, 0.2) is 5.15 Å². The second kappa shape index (κ2) is 5.93. The van der Waals surface area contributed by atoms with Crippen molar-refractivity contribution in [1.82, 2.24) is 9.97 Å². The van der Waals surface area contributed by atoms with Gasteiger partial charge in [0.1, 0.15) is 0 Å². The summed E-state index contributed by atoms with van der Waals surface area (Å²) in [5, 5.41) is 2.95. The van der Waals surface area contributed by atoms with Crippen molar-refractivity contribution in [2.75, 3.05) is 5.32 Å². The van der Waals surface area contributed by atoms with Gasteiger partial charge in [-0.05, 0) is 34.1 Å². The molecule has 0 bridgehead atoms. The highest BCUT2D eigenvalue weighted by atomic mass is 79.9. The molecule has 0 spiro atoms. The molecule has 2 heterocycles. The zero-order valence-electron chi connectivity index (χ0n) is 9.23. The summed E-state index contributed by atoms with van der Waals surface area (Å²) in [4.78, 5) is 19.8. The van der Waals surface area contributed by atoms with Gasteiger partial charge in [-0.3, -0.25) is 9.78 Å². The van der Waals surface area contributed by atoms with Crippen LogP contribution in [0.5, 0.6) is 0 Å². The van der Waals surface area contributed by atoms with Crippen molar-refractivity contribution in [2.45, 2.75) is 6.42 Å². The molecule has 0 aliphatic rings. The van der Waals surface area contributed by atoms with Crippen molar-refractivity contribution in [3.8, 4) is 0 Å². The highest BCUT2D eigenvalue weighted by Gasteiger charge is 2.08. The van der Waals surface area contributed by atoms with E-state index in [9.17, 15) is 4.79 Å². The van der Waals surface area contributed by atoms with Crippen LogP contribution in [0, 0.1) is 0 Å². The number of anilines is 1. The van der Waals surface area contributed by atoms with E-state index in [2.05, 4.69) is 31.2 Å². The van der Waals surface area contributed by atoms with Gasteiger partial charge in [-0.2, -0.15) is 0 Å². The molecule has 2 aromatic heterocycles. The van der Waals surface area contributed by atoms with Crippen LogP contribution in [0.2, 0.25) is 5.15 Å². The first-order valence-corrected chi connectivity index (χ1v) is 6.33. The minimum Gasteiger partial charge on any atom is -0.323 e. The first-order valence-electron chi connectivity index (χ1n) is 5.16. The summed E-state index contributed by atoms with van der Waals surface area (Å²) in [6, 6.07) is 7.13. The number of hydrogen-bond donors (Lipinski definition) is 1. The lowest BCUT2D eigenvalue weighted by molar-refractivity contribution is -0.115. The summed E-state index contributed by atoms with van der Waals surface area (Å²) in [6.45, 7) is 0. The fourth-order valence-electron chi connectivity index (χ4n) is 1.37. The Morgan fingerprint density at radius 1 is 1.39 bits per heavy atom. The van der Waals surface area contributed by atoms with Crippen molar-refractivity contribution in [1.29, 1.82) is 0 Å². The predicted molar refractivity (Wildman–Crippen MR) is 73.5 cm³/mol. The van der Waals surface area contributed by atoms with Crippen LogP contribution in [0.4, 0.5) is 5.69 Å². The van der Waals surface area contributed by atoms with Crippen molar-refractivity contribution >= 4 is 39.1 Å². The topological polar surface area (TPSA) is 54.9 Å². The van der Waals surface area contributed by atoms with Crippen molar-refractivity contribution in [2.24, 2.45) is 0 Å². The molecule has 0 atom stereocenters. The average Bonchev–Trinajstić information content (AvgIpc) is 2.35. The third kappa shape index (κ3) is 3.51. The van der Waals surface area contributed by atoms with Crippen LogP contribution in [0.3, 0.4) is 0 Å². The first-order chi connectivity index (χ1) is 8.65. The maximum Gasteiger partial charge on any atom is 0.230 e. The maximum atomic E-state index is 11.8. The van der Waals surface area contributed by atoms with E-state index >= 15 is 0 Å². The smallest absolute Gasteiger partial charge is 0.230 e. The highest BCUT2D eigenvalue weighted by Crippen LogP contribution is 2.22. The standard InChI is InChI=1S/C12H9BrClN3O/c13-8-5-10(12(14)16-7-8)17-11(18)6-9-3-1-2-4-15-9/h1-5,7H,6H2,(H,17,18). The number of carbonyl (C=O) groups excluding carboxylic acids is 1. The molecule has 0 radical (unpaired) electrons. The van der Waals surface area contributed by atoms with Gasteiger partial charge in [-0.1, -0.05) is 17.7 Å². The fourth-order valence-corrected chi connectivity index (χ4v) is 1.85. The largest absolute Gasteiger partial charge is 0.323 e. The zero-order valence-corrected chi connectivity index (χ0v) is 11.6. The molecule has 2 aromatic rings. The van der Waals surface area contributed by atoms with Crippen LogP contribution >= 0.6 is 27.5 Å². The number of nitrogens with one attached hydrogen (secondary N) is 1. The van der Waals surface area contributed by atoms with Crippen LogP contribution in [0.25, 0.3) is 0 Å². The Bertz CT molecular complexity index is 563. The molecule has 18 heavy (non-hydrogen) atoms. The molecular weight excluding hydrogens is 318 g/mol. The van der Waals surface area contributed by atoms with Gasteiger partial charge in [-0.25, -0.2) is 4.98 Å². The van der Waals surface area contributed by atoms with E-state index in [4.69, 9.17) is 11.6 Å². The molecule has 0 unspecified atom stereocenters. The Labute approximate surface area is 118 Å². The van der Waals surface area contributed by atoms with Gasteiger partial charge in [0.05, 0.1) is 12.1 Å². The minimum absolute atomic E-state index is 0.185. The third-order valence-electron chi connectivity index (χ3n) is 2.15. The van der Waals surface area contributed by atoms with Crippen LogP contribution in [-0.4, -0.2) is 15.9 Å². The molecule has 1 N–H and O–H groups in total. The Balaban J connectivity index is 2.05. The number of hydrogen-bond acceptors (Lipinski definition) is 3. The summed E-state index contributed by atoms with van der Waals surface area (Å²) in [6.07, 6.45) is 3.41. The quantitative estimate of drug-likeness (QED) is 0.882. The highest BCUT2D eigenvalue weighted by molar-refractivity contribution is 9.10. The lowest BCUT2D eigenvalue weighted by Gasteiger charge is -2.06. The Kier molecular flexibility index (Phi) is 4.28. The average molecular weight is 327 g/mol. The molecule has 2 rings (SSSR count). The second-order valence-electron chi connectivity index (χ2n) is 3.54. The monoisotopic (exact) mass is 325 g/mol. The first kappa shape index (κ1) is 13.0. The van der Waals surface area contributed by atoms with Gasteiger partial charge in [-0.15, -0.1) is 0 Å². The number of nitrogens with zero attached hydrogens (tertiary/aromatic N) is 2. The van der Waals surface area contributed by atoms with Crippen molar-refractivity contribution in [3.05, 3.63) is 52.0 Å². The number of rotatable bonds is 3. The van der Waals surface area contributed by atoms with Gasteiger partial charge in [0.25, 0.3) is 0 Å².